The number of urea groups is 1. The first-order chi connectivity index (χ1) is 23.0. The minimum Gasteiger partial charge on any atom is -0.506 e. The van der Waals surface area contributed by atoms with Crippen molar-refractivity contribution in [3.8, 4) is 5.75 Å². The molecule has 4 aliphatic heterocycles. The van der Waals surface area contributed by atoms with Gasteiger partial charge < -0.3 is 30.4 Å². The lowest BCUT2D eigenvalue weighted by Gasteiger charge is -2.42. The van der Waals surface area contributed by atoms with E-state index in [1.54, 1.807) is 14.7 Å². The number of nitrogens with one attached hydrogen (secondary N) is 2. The summed E-state index contributed by atoms with van der Waals surface area (Å²) in [5.41, 5.74) is 0.674. The number of fused-ring (bicyclic) bond motifs is 1. The van der Waals surface area contributed by atoms with Crippen molar-refractivity contribution in [2.24, 2.45) is 5.92 Å². The summed E-state index contributed by atoms with van der Waals surface area (Å²) in [5.74, 6) is -2.50. The van der Waals surface area contributed by atoms with Crippen LogP contribution >= 0.6 is 11.6 Å². The first kappa shape index (κ1) is 34.3. The van der Waals surface area contributed by atoms with Crippen LogP contribution in [0.2, 0.25) is 5.02 Å². The fraction of sp³-hybridized carbons (Fsp3) is 0.559. The SMILES string of the molecule is O=C(C[C@H](Cc1cc(Cl)c(O)c(C(F)(F)F)c1)C(=O)N1CCN(C2CCNCC2)CC1)N1CCC(N2Cc3ccccc3NC2=O)CC1. The molecular formula is C34H42ClF3N6O4. The van der Waals surface area contributed by atoms with E-state index in [1.165, 1.54) is 6.07 Å². The standard InChI is InChI=1S/C34H42ClF3N6O4/c35-28-19-22(18-27(31(28)46)34(36,37)38)17-24(32(47)43-15-13-41(14-16-43)25-5-9-39-10-6-25)20-30(45)42-11-7-26(8-12-42)44-21-23-3-1-2-4-29(23)40-33(44)48/h1-4,18-19,24-26,39,46H,5-17,20-21H2,(H,40,48)/t24-/m0/s1. The van der Waals surface area contributed by atoms with Crippen LogP contribution in [0.15, 0.2) is 36.4 Å². The fourth-order valence-electron chi connectivity index (χ4n) is 7.54. The summed E-state index contributed by atoms with van der Waals surface area (Å²) in [6.45, 7) is 5.54. The number of rotatable bonds is 7. The molecule has 2 aromatic carbocycles. The molecule has 0 unspecified atom stereocenters. The van der Waals surface area contributed by atoms with Crippen molar-refractivity contribution < 1.29 is 32.7 Å². The van der Waals surface area contributed by atoms with Crippen molar-refractivity contribution in [2.75, 3.05) is 57.7 Å². The Bertz CT molecular complexity index is 1500. The average Bonchev–Trinajstić information content (AvgIpc) is 3.09. The van der Waals surface area contributed by atoms with Crippen molar-refractivity contribution in [3.63, 3.8) is 0 Å². The van der Waals surface area contributed by atoms with Crippen LogP contribution in [-0.4, -0.2) is 107 Å². The number of benzene rings is 2. The van der Waals surface area contributed by atoms with Gasteiger partial charge in [-0.1, -0.05) is 29.8 Å². The van der Waals surface area contributed by atoms with Gasteiger partial charge in [0.25, 0.3) is 0 Å². The maximum Gasteiger partial charge on any atom is 0.420 e. The van der Waals surface area contributed by atoms with E-state index in [9.17, 15) is 32.7 Å². The molecule has 3 N–H and O–H groups in total. The van der Waals surface area contributed by atoms with Crippen LogP contribution in [0.25, 0.3) is 0 Å². The van der Waals surface area contributed by atoms with E-state index < -0.39 is 28.4 Å². The zero-order valence-electron chi connectivity index (χ0n) is 26.8. The normalized spacial score (nSPS) is 20.8. The number of halogens is 4. The predicted octanol–water partition coefficient (Wildman–Crippen LogP) is 4.55. The van der Waals surface area contributed by atoms with E-state index in [2.05, 4.69) is 15.5 Å². The van der Waals surface area contributed by atoms with Crippen molar-refractivity contribution in [1.82, 2.24) is 24.9 Å². The quantitative estimate of drug-likeness (QED) is 0.394. The summed E-state index contributed by atoms with van der Waals surface area (Å²) >= 11 is 6.01. The Labute approximate surface area is 283 Å². The van der Waals surface area contributed by atoms with Gasteiger partial charge in [-0.15, -0.1) is 0 Å². The van der Waals surface area contributed by atoms with Gasteiger partial charge in [-0.25, -0.2) is 4.79 Å². The summed E-state index contributed by atoms with van der Waals surface area (Å²) in [5, 5.41) is 15.9. The molecule has 48 heavy (non-hydrogen) atoms. The van der Waals surface area contributed by atoms with Crippen LogP contribution in [0.4, 0.5) is 23.7 Å². The molecule has 2 aromatic rings. The fourth-order valence-corrected chi connectivity index (χ4v) is 7.78. The molecule has 4 amide bonds. The summed E-state index contributed by atoms with van der Waals surface area (Å²) in [6, 6.07) is 9.92. The molecule has 4 aliphatic rings. The van der Waals surface area contributed by atoms with Crippen molar-refractivity contribution >= 4 is 35.1 Å². The molecule has 0 aliphatic carbocycles. The van der Waals surface area contributed by atoms with Crippen molar-refractivity contribution in [3.05, 3.63) is 58.1 Å². The monoisotopic (exact) mass is 690 g/mol. The zero-order valence-corrected chi connectivity index (χ0v) is 27.5. The van der Waals surface area contributed by atoms with Gasteiger partial charge in [0.15, 0.2) is 0 Å². The molecule has 0 bridgehead atoms. The highest BCUT2D eigenvalue weighted by molar-refractivity contribution is 6.32. The zero-order chi connectivity index (χ0) is 34.0. The van der Waals surface area contributed by atoms with Crippen LogP contribution in [0, 0.1) is 5.92 Å². The average molecular weight is 691 g/mol. The van der Waals surface area contributed by atoms with Crippen LogP contribution in [0.1, 0.15) is 48.8 Å². The summed E-state index contributed by atoms with van der Waals surface area (Å²) in [6.07, 6.45) is -1.92. The van der Waals surface area contributed by atoms with Gasteiger partial charge in [0, 0.05) is 70.0 Å². The van der Waals surface area contributed by atoms with E-state index in [0.29, 0.717) is 64.7 Å². The summed E-state index contributed by atoms with van der Waals surface area (Å²) in [7, 11) is 0. The largest absolute Gasteiger partial charge is 0.506 e. The number of phenolic OH excluding ortho intramolecular Hbond substituents is 1. The second-order valence-corrected chi connectivity index (χ2v) is 13.7. The molecule has 0 aromatic heterocycles. The number of piperidine rings is 2. The number of alkyl halides is 3. The van der Waals surface area contributed by atoms with Crippen LogP contribution < -0.4 is 10.6 Å². The number of hydrogen-bond donors (Lipinski definition) is 3. The van der Waals surface area contributed by atoms with Crippen LogP contribution in [0.5, 0.6) is 5.75 Å². The second-order valence-electron chi connectivity index (χ2n) is 13.2. The Morgan fingerprint density at radius 3 is 2.31 bits per heavy atom. The number of aromatic hydroxyl groups is 1. The highest BCUT2D eigenvalue weighted by Crippen LogP contribution is 2.41. The number of para-hydroxylation sites is 1. The third-order valence-corrected chi connectivity index (χ3v) is 10.5. The van der Waals surface area contributed by atoms with Crippen molar-refractivity contribution in [2.45, 2.75) is 63.3 Å². The minimum absolute atomic E-state index is 0.0593. The number of phenols is 1. The Morgan fingerprint density at radius 2 is 1.62 bits per heavy atom. The minimum atomic E-state index is -4.85. The summed E-state index contributed by atoms with van der Waals surface area (Å²) in [4.78, 5) is 48.2. The number of carbonyl (C=O) groups excluding carboxylic acids is 3. The molecule has 260 valence electrons. The van der Waals surface area contributed by atoms with Gasteiger partial charge in [-0.2, -0.15) is 13.2 Å². The molecule has 3 saturated heterocycles. The lowest BCUT2D eigenvalue weighted by Crippen LogP contribution is -2.55. The number of nitrogens with zero attached hydrogens (tertiary/aromatic N) is 4. The lowest BCUT2D eigenvalue weighted by atomic mass is 9.92. The molecule has 14 heteroatoms. The molecule has 3 fully saturated rings. The van der Waals surface area contributed by atoms with Gasteiger partial charge in [0.05, 0.1) is 16.5 Å². The third-order valence-electron chi connectivity index (χ3n) is 10.3. The van der Waals surface area contributed by atoms with E-state index >= 15 is 0 Å². The number of carbonyl (C=O) groups is 3. The van der Waals surface area contributed by atoms with Crippen LogP contribution in [0.3, 0.4) is 0 Å². The molecule has 0 radical (unpaired) electrons. The van der Waals surface area contributed by atoms with Crippen molar-refractivity contribution in [1.29, 1.82) is 0 Å². The first-order valence-corrected chi connectivity index (χ1v) is 17.1. The number of likely N-dealkylation sites (tertiary alicyclic amines) is 1. The predicted molar refractivity (Wildman–Crippen MR) is 175 cm³/mol. The maximum atomic E-state index is 14.0. The Balaban J connectivity index is 1.13. The van der Waals surface area contributed by atoms with Gasteiger partial charge in [-0.3, -0.25) is 14.5 Å². The van der Waals surface area contributed by atoms with E-state index in [-0.39, 0.29) is 42.3 Å². The van der Waals surface area contributed by atoms with E-state index in [4.69, 9.17) is 11.6 Å². The van der Waals surface area contributed by atoms with Gasteiger partial charge in [-0.05, 0) is 74.5 Å². The van der Waals surface area contributed by atoms with Crippen LogP contribution in [-0.2, 0) is 28.7 Å². The molecule has 0 saturated carbocycles. The third kappa shape index (κ3) is 7.68. The Hall–Kier alpha value is -3.55. The van der Waals surface area contributed by atoms with Gasteiger partial charge in [0.2, 0.25) is 11.8 Å². The van der Waals surface area contributed by atoms with E-state index in [1.807, 2.05) is 24.3 Å². The molecule has 6 rings (SSSR count). The Kier molecular flexibility index (Phi) is 10.4. The maximum absolute atomic E-state index is 14.0. The molecule has 10 nitrogen and oxygen atoms in total. The highest BCUT2D eigenvalue weighted by atomic mass is 35.5. The lowest BCUT2D eigenvalue weighted by molar-refractivity contribution is -0.143. The van der Waals surface area contributed by atoms with Gasteiger partial charge >= 0.3 is 12.2 Å². The topological polar surface area (TPSA) is 108 Å². The smallest absolute Gasteiger partial charge is 0.420 e. The number of amides is 4. The van der Waals surface area contributed by atoms with E-state index in [0.717, 1.165) is 43.2 Å². The molecule has 1 atom stereocenters. The second kappa shape index (κ2) is 14.5. The number of hydrogen-bond acceptors (Lipinski definition) is 6. The molecule has 4 heterocycles. The molecule has 0 spiro atoms. The molecular weight excluding hydrogens is 649 g/mol. The first-order valence-electron chi connectivity index (χ1n) is 16.7. The van der Waals surface area contributed by atoms with Gasteiger partial charge in [0.1, 0.15) is 5.75 Å². The number of piperazine rings is 1. The Morgan fingerprint density at radius 1 is 0.938 bits per heavy atom. The number of anilines is 1. The highest BCUT2D eigenvalue weighted by Gasteiger charge is 2.38. The summed E-state index contributed by atoms with van der Waals surface area (Å²) < 4.78 is 41.1.